The molecule has 1 N–H and O–H groups in total. The maximum absolute atomic E-state index is 12.8. The molecule has 7 nitrogen and oxygen atoms in total. The number of hydrogen-bond donors (Lipinski definition) is 1. The summed E-state index contributed by atoms with van der Waals surface area (Å²) in [7, 11) is -2.85. The molecule has 1 aliphatic heterocycles. The lowest BCUT2D eigenvalue weighted by molar-refractivity contribution is -0.144. The molecular weight excluding hydrogens is 367 g/mol. The van der Waals surface area contributed by atoms with E-state index < -0.39 is 27.9 Å². The van der Waals surface area contributed by atoms with Crippen LogP contribution in [0.25, 0.3) is 0 Å². The average molecular weight is 381 g/mol. The predicted octanol–water partition coefficient (Wildman–Crippen LogP) is 1.05. The van der Waals surface area contributed by atoms with Crippen LogP contribution < -0.4 is 5.32 Å². The van der Waals surface area contributed by atoms with Crippen LogP contribution in [0.4, 0.5) is 0 Å². The Balaban J connectivity index is 2.39. The summed E-state index contributed by atoms with van der Waals surface area (Å²) < 4.78 is 31.0. The Morgan fingerprint density at radius 1 is 1.39 bits per heavy atom. The highest BCUT2D eigenvalue weighted by Gasteiger charge is 2.40. The number of sulfonamides is 1. The molecule has 0 radical (unpaired) electrons. The number of nitrogens with zero attached hydrogens (tertiary/aromatic N) is 1. The number of esters is 1. The van der Waals surface area contributed by atoms with Crippen molar-refractivity contribution in [3.8, 4) is 0 Å². The summed E-state index contributed by atoms with van der Waals surface area (Å²) in [5.41, 5.74) is 0. The molecule has 1 atom stereocenters. The summed E-state index contributed by atoms with van der Waals surface area (Å²) in [6, 6.07) is 2.69. The lowest BCUT2D eigenvalue weighted by Crippen LogP contribution is -2.57. The van der Waals surface area contributed by atoms with E-state index in [0.717, 1.165) is 4.31 Å². The SMILES string of the molecule is COC(=O)C[C@H]1C(=O)NCCN1S(=O)(=O)c1ccc(Cl)c(Cl)c1. The summed E-state index contributed by atoms with van der Waals surface area (Å²) >= 11 is 11.7. The number of carbonyl (C=O) groups excluding carboxylic acids is 2. The highest BCUT2D eigenvalue weighted by Crippen LogP contribution is 2.28. The van der Waals surface area contributed by atoms with Crippen molar-refractivity contribution in [1.82, 2.24) is 9.62 Å². The van der Waals surface area contributed by atoms with E-state index in [9.17, 15) is 18.0 Å². The van der Waals surface area contributed by atoms with Gasteiger partial charge in [0.25, 0.3) is 0 Å². The van der Waals surface area contributed by atoms with Crippen molar-refractivity contribution in [3.63, 3.8) is 0 Å². The maximum Gasteiger partial charge on any atom is 0.307 e. The van der Waals surface area contributed by atoms with Crippen molar-refractivity contribution in [1.29, 1.82) is 0 Å². The third-order valence-electron chi connectivity index (χ3n) is 3.37. The molecule has 2 rings (SSSR count). The summed E-state index contributed by atoms with van der Waals surface area (Å²) in [4.78, 5) is 23.4. The summed E-state index contributed by atoms with van der Waals surface area (Å²) in [5.74, 6) is -1.23. The monoisotopic (exact) mass is 380 g/mol. The number of ether oxygens (including phenoxy) is 1. The number of methoxy groups -OCH3 is 1. The summed E-state index contributed by atoms with van der Waals surface area (Å²) in [5, 5.41) is 2.83. The second-order valence-electron chi connectivity index (χ2n) is 4.78. The van der Waals surface area contributed by atoms with Gasteiger partial charge in [-0.3, -0.25) is 9.59 Å². The minimum absolute atomic E-state index is 0.0377. The van der Waals surface area contributed by atoms with Gasteiger partial charge in [-0.05, 0) is 18.2 Å². The highest BCUT2D eigenvalue weighted by atomic mass is 35.5. The quantitative estimate of drug-likeness (QED) is 0.787. The number of halogens is 2. The largest absolute Gasteiger partial charge is 0.469 e. The molecule has 10 heteroatoms. The number of carbonyl (C=O) groups is 2. The fourth-order valence-corrected chi connectivity index (χ4v) is 4.17. The van der Waals surface area contributed by atoms with Gasteiger partial charge in [-0.25, -0.2) is 8.42 Å². The van der Waals surface area contributed by atoms with E-state index in [1.165, 1.54) is 25.3 Å². The summed E-state index contributed by atoms with van der Waals surface area (Å²) in [6.07, 6.45) is -0.372. The van der Waals surface area contributed by atoms with Crippen LogP contribution in [0.5, 0.6) is 0 Å². The Labute approximate surface area is 143 Å². The molecule has 126 valence electrons. The number of hydrogen-bond acceptors (Lipinski definition) is 5. The van der Waals surface area contributed by atoms with E-state index in [0.29, 0.717) is 0 Å². The topological polar surface area (TPSA) is 92.8 Å². The first-order chi connectivity index (χ1) is 10.8. The van der Waals surface area contributed by atoms with E-state index in [2.05, 4.69) is 10.1 Å². The van der Waals surface area contributed by atoms with E-state index in [-0.39, 0.29) is 34.5 Å². The molecule has 0 spiro atoms. The lowest BCUT2D eigenvalue weighted by atomic mass is 10.1. The van der Waals surface area contributed by atoms with Crippen molar-refractivity contribution in [2.75, 3.05) is 20.2 Å². The molecule has 1 amide bonds. The van der Waals surface area contributed by atoms with Crippen LogP contribution in [-0.2, 0) is 24.3 Å². The Bertz CT molecular complexity index is 738. The molecular formula is C13H14Cl2N2O5S. The van der Waals surface area contributed by atoms with Crippen LogP contribution in [0.1, 0.15) is 6.42 Å². The van der Waals surface area contributed by atoms with E-state index >= 15 is 0 Å². The van der Waals surface area contributed by atoms with Crippen LogP contribution in [0.2, 0.25) is 10.0 Å². The van der Waals surface area contributed by atoms with Gasteiger partial charge >= 0.3 is 5.97 Å². The third-order valence-corrected chi connectivity index (χ3v) is 6.01. The second kappa shape index (κ2) is 7.04. The average Bonchev–Trinajstić information content (AvgIpc) is 2.51. The number of benzene rings is 1. The van der Waals surface area contributed by atoms with Crippen LogP contribution >= 0.6 is 23.2 Å². The smallest absolute Gasteiger partial charge is 0.307 e. The third kappa shape index (κ3) is 3.77. The molecule has 0 unspecified atom stereocenters. The first kappa shape index (κ1) is 18.0. The van der Waals surface area contributed by atoms with Crippen molar-refractivity contribution < 1.29 is 22.7 Å². The van der Waals surface area contributed by atoms with Gasteiger partial charge in [0.2, 0.25) is 15.9 Å². The Kier molecular flexibility index (Phi) is 5.51. The van der Waals surface area contributed by atoms with Crippen LogP contribution in [0.3, 0.4) is 0 Å². The van der Waals surface area contributed by atoms with Gasteiger partial charge < -0.3 is 10.1 Å². The molecule has 1 aliphatic rings. The number of piperazine rings is 1. The standard InChI is InChI=1S/C13H14Cl2N2O5S/c1-22-12(18)7-11-13(19)16-4-5-17(11)23(20,21)8-2-3-9(14)10(15)6-8/h2-3,6,11H,4-5,7H2,1H3,(H,16,19)/t11-/m0/s1. The van der Waals surface area contributed by atoms with Gasteiger partial charge in [0, 0.05) is 13.1 Å². The first-order valence-corrected chi connectivity index (χ1v) is 8.78. The Morgan fingerprint density at radius 2 is 2.09 bits per heavy atom. The van der Waals surface area contributed by atoms with Gasteiger partial charge in [-0.15, -0.1) is 0 Å². The van der Waals surface area contributed by atoms with Gasteiger partial charge in [0.05, 0.1) is 28.5 Å². The Hall–Kier alpha value is -1.35. The molecule has 1 aromatic rings. The minimum atomic E-state index is -4.02. The van der Waals surface area contributed by atoms with Crippen LogP contribution in [-0.4, -0.2) is 50.8 Å². The molecule has 1 fully saturated rings. The van der Waals surface area contributed by atoms with Crippen molar-refractivity contribution in [3.05, 3.63) is 28.2 Å². The molecule has 1 heterocycles. The summed E-state index contributed by atoms with van der Waals surface area (Å²) in [6.45, 7) is 0.188. The van der Waals surface area contributed by atoms with Gasteiger partial charge in [-0.1, -0.05) is 23.2 Å². The zero-order chi connectivity index (χ0) is 17.2. The Morgan fingerprint density at radius 3 is 2.70 bits per heavy atom. The van der Waals surface area contributed by atoms with Crippen molar-refractivity contribution in [2.24, 2.45) is 0 Å². The number of amides is 1. The van der Waals surface area contributed by atoms with Crippen molar-refractivity contribution >= 4 is 45.1 Å². The first-order valence-electron chi connectivity index (χ1n) is 6.59. The van der Waals surface area contributed by atoms with Crippen LogP contribution in [0, 0.1) is 0 Å². The molecule has 0 bridgehead atoms. The normalized spacial score (nSPS) is 19.3. The maximum atomic E-state index is 12.8. The molecule has 1 saturated heterocycles. The minimum Gasteiger partial charge on any atom is -0.469 e. The lowest BCUT2D eigenvalue weighted by Gasteiger charge is -2.33. The van der Waals surface area contributed by atoms with Crippen LogP contribution in [0.15, 0.2) is 23.1 Å². The van der Waals surface area contributed by atoms with E-state index in [1.807, 2.05) is 0 Å². The molecule has 0 aliphatic carbocycles. The van der Waals surface area contributed by atoms with Gasteiger partial charge in [0.1, 0.15) is 6.04 Å². The van der Waals surface area contributed by atoms with Gasteiger partial charge in [-0.2, -0.15) is 4.31 Å². The molecule has 0 saturated carbocycles. The fraction of sp³-hybridized carbons (Fsp3) is 0.385. The van der Waals surface area contributed by atoms with Crippen molar-refractivity contribution in [2.45, 2.75) is 17.4 Å². The molecule has 23 heavy (non-hydrogen) atoms. The molecule has 0 aromatic heterocycles. The highest BCUT2D eigenvalue weighted by molar-refractivity contribution is 7.89. The predicted molar refractivity (Wildman–Crippen MR) is 83.8 cm³/mol. The number of rotatable bonds is 4. The fourth-order valence-electron chi connectivity index (χ4n) is 2.19. The number of nitrogens with one attached hydrogen (secondary N) is 1. The zero-order valence-corrected chi connectivity index (χ0v) is 14.4. The molecule has 1 aromatic carbocycles. The van der Waals surface area contributed by atoms with Gasteiger partial charge in [0.15, 0.2) is 0 Å². The second-order valence-corrected chi connectivity index (χ2v) is 7.48. The van der Waals surface area contributed by atoms with E-state index in [1.54, 1.807) is 0 Å². The zero-order valence-electron chi connectivity index (χ0n) is 12.1. The van der Waals surface area contributed by atoms with E-state index in [4.69, 9.17) is 23.2 Å².